The summed E-state index contributed by atoms with van der Waals surface area (Å²) >= 11 is 0. The van der Waals surface area contributed by atoms with E-state index in [-0.39, 0.29) is 0 Å². The Morgan fingerprint density at radius 2 is 1.78 bits per heavy atom. The quantitative estimate of drug-likeness (QED) is 0.741. The number of hydrogen-bond acceptors (Lipinski definition) is 4. The van der Waals surface area contributed by atoms with Gasteiger partial charge >= 0.3 is 0 Å². The van der Waals surface area contributed by atoms with Crippen LogP contribution < -0.4 is 0 Å². The summed E-state index contributed by atoms with van der Waals surface area (Å²) in [5, 5.41) is 0. The zero-order valence-corrected chi connectivity index (χ0v) is 11.6. The Kier molecular flexibility index (Phi) is 3.63. The van der Waals surface area contributed by atoms with Crippen molar-refractivity contribution in [3.63, 3.8) is 0 Å². The zero-order valence-electron chi connectivity index (χ0n) is 11.6. The molecule has 2 saturated heterocycles. The predicted octanol–water partition coefficient (Wildman–Crippen LogP) is 1.29. The van der Waals surface area contributed by atoms with Gasteiger partial charge in [0.05, 0.1) is 38.1 Å². The highest BCUT2D eigenvalue weighted by Crippen LogP contribution is 2.47. The van der Waals surface area contributed by atoms with Crippen LogP contribution in [-0.4, -0.2) is 62.7 Å². The monoisotopic (exact) mass is 255 g/mol. The minimum absolute atomic E-state index is 0.306. The van der Waals surface area contributed by atoms with Gasteiger partial charge in [0.15, 0.2) is 0 Å². The van der Waals surface area contributed by atoms with E-state index >= 15 is 0 Å². The van der Waals surface area contributed by atoms with Crippen LogP contribution in [0.2, 0.25) is 0 Å². The van der Waals surface area contributed by atoms with Gasteiger partial charge in [-0.15, -0.1) is 0 Å². The molecule has 1 aliphatic carbocycles. The van der Waals surface area contributed by atoms with E-state index < -0.39 is 0 Å². The lowest BCUT2D eigenvalue weighted by Crippen LogP contribution is -2.36. The smallest absolute Gasteiger partial charge is 0.0976 e. The van der Waals surface area contributed by atoms with Crippen LogP contribution in [0.5, 0.6) is 0 Å². The SMILES string of the molecule is CC(C)OCC1(CN2C[C@@H]3OCCO[C@@H]3C2)CC1. The van der Waals surface area contributed by atoms with E-state index in [0.717, 1.165) is 39.5 Å². The first kappa shape index (κ1) is 12.9. The average molecular weight is 255 g/mol. The predicted molar refractivity (Wildman–Crippen MR) is 68.7 cm³/mol. The summed E-state index contributed by atoms with van der Waals surface area (Å²) in [4.78, 5) is 2.51. The molecule has 0 unspecified atom stereocenters. The molecular formula is C14H25NO3. The fourth-order valence-electron chi connectivity index (χ4n) is 3.01. The number of rotatable bonds is 5. The van der Waals surface area contributed by atoms with Gasteiger partial charge < -0.3 is 14.2 Å². The number of hydrogen-bond donors (Lipinski definition) is 0. The number of likely N-dealkylation sites (tertiary alicyclic amines) is 1. The van der Waals surface area contributed by atoms with Gasteiger partial charge in [0.2, 0.25) is 0 Å². The molecule has 2 aliphatic heterocycles. The number of nitrogens with zero attached hydrogens (tertiary/aromatic N) is 1. The van der Waals surface area contributed by atoms with Crippen LogP contribution in [0.1, 0.15) is 26.7 Å². The average Bonchev–Trinajstić information content (AvgIpc) is 2.98. The molecule has 0 aromatic carbocycles. The summed E-state index contributed by atoms with van der Waals surface area (Å²) in [6.07, 6.45) is 3.58. The van der Waals surface area contributed by atoms with E-state index in [1.54, 1.807) is 0 Å². The second-order valence-corrected chi connectivity index (χ2v) is 6.37. The topological polar surface area (TPSA) is 30.9 Å². The first-order valence-electron chi connectivity index (χ1n) is 7.24. The van der Waals surface area contributed by atoms with Crippen molar-refractivity contribution in [1.29, 1.82) is 0 Å². The molecule has 4 heteroatoms. The molecule has 1 saturated carbocycles. The van der Waals surface area contributed by atoms with Crippen LogP contribution in [-0.2, 0) is 14.2 Å². The minimum Gasteiger partial charge on any atom is -0.378 e. The third-order valence-corrected chi connectivity index (χ3v) is 4.28. The zero-order chi connectivity index (χ0) is 12.6. The van der Waals surface area contributed by atoms with Crippen molar-refractivity contribution in [1.82, 2.24) is 4.90 Å². The molecule has 3 aliphatic rings. The van der Waals surface area contributed by atoms with Gasteiger partial charge in [-0.2, -0.15) is 0 Å². The molecule has 3 rings (SSSR count). The molecule has 0 N–H and O–H groups in total. The van der Waals surface area contributed by atoms with E-state index in [1.165, 1.54) is 12.8 Å². The van der Waals surface area contributed by atoms with Crippen molar-refractivity contribution < 1.29 is 14.2 Å². The summed E-state index contributed by atoms with van der Waals surface area (Å²) in [5.41, 5.74) is 0.428. The highest BCUT2D eigenvalue weighted by atomic mass is 16.6. The van der Waals surface area contributed by atoms with Gasteiger partial charge in [-0.25, -0.2) is 0 Å². The highest BCUT2D eigenvalue weighted by molar-refractivity contribution is 4.99. The molecule has 18 heavy (non-hydrogen) atoms. The van der Waals surface area contributed by atoms with Crippen LogP contribution in [0.15, 0.2) is 0 Å². The van der Waals surface area contributed by atoms with Crippen molar-refractivity contribution >= 4 is 0 Å². The molecule has 0 radical (unpaired) electrons. The summed E-state index contributed by atoms with van der Waals surface area (Å²) < 4.78 is 17.3. The summed E-state index contributed by atoms with van der Waals surface area (Å²) in [6, 6.07) is 0. The van der Waals surface area contributed by atoms with Crippen molar-refractivity contribution in [2.24, 2.45) is 5.41 Å². The molecule has 4 nitrogen and oxygen atoms in total. The van der Waals surface area contributed by atoms with Crippen LogP contribution in [0.25, 0.3) is 0 Å². The van der Waals surface area contributed by atoms with Gasteiger partial charge in [0.25, 0.3) is 0 Å². The van der Waals surface area contributed by atoms with Gasteiger partial charge in [-0.05, 0) is 26.7 Å². The van der Waals surface area contributed by atoms with Crippen LogP contribution in [0, 0.1) is 5.41 Å². The maximum Gasteiger partial charge on any atom is 0.0976 e. The van der Waals surface area contributed by atoms with Gasteiger partial charge in [0.1, 0.15) is 0 Å². The van der Waals surface area contributed by atoms with Crippen molar-refractivity contribution in [2.45, 2.75) is 45.0 Å². The number of ether oxygens (including phenoxy) is 3. The number of fused-ring (bicyclic) bond motifs is 1. The van der Waals surface area contributed by atoms with Crippen molar-refractivity contribution in [2.75, 3.05) is 39.5 Å². The molecule has 0 bridgehead atoms. The maximum atomic E-state index is 5.81. The Bertz CT molecular complexity index is 277. The Labute approximate surface area is 110 Å². The van der Waals surface area contributed by atoms with Crippen LogP contribution >= 0.6 is 0 Å². The molecule has 0 aromatic rings. The first-order valence-corrected chi connectivity index (χ1v) is 7.24. The molecule has 0 amide bonds. The van der Waals surface area contributed by atoms with Crippen molar-refractivity contribution in [3.05, 3.63) is 0 Å². The molecule has 2 heterocycles. The normalized spacial score (nSPS) is 34.8. The van der Waals surface area contributed by atoms with E-state index in [0.29, 0.717) is 23.7 Å². The molecule has 104 valence electrons. The molecular weight excluding hydrogens is 230 g/mol. The van der Waals surface area contributed by atoms with Crippen LogP contribution in [0.4, 0.5) is 0 Å². The van der Waals surface area contributed by atoms with E-state index in [9.17, 15) is 0 Å². The summed E-state index contributed by atoms with van der Waals surface area (Å²) in [7, 11) is 0. The molecule has 0 spiro atoms. The van der Waals surface area contributed by atoms with Crippen LogP contribution in [0.3, 0.4) is 0 Å². The Morgan fingerprint density at radius 3 is 2.28 bits per heavy atom. The highest BCUT2D eigenvalue weighted by Gasteiger charge is 2.47. The van der Waals surface area contributed by atoms with Gasteiger partial charge in [-0.1, -0.05) is 0 Å². The Hall–Kier alpha value is -0.160. The largest absolute Gasteiger partial charge is 0.378 e. The summed E-state index contributed by atoms with van der Waals surface area (Å²) in [6.45, 7) is 9.89. The maximum absolute atomic E-state index is 5.81. The van der Waals surface area contributed by atoms with E-state index in [2.05, 4.69) is 18.7 Å². The lowest BCUT2D eigenvalue weighted by atomic mass is 10.1. The molecule has 3 fully saturated rings. The van der Waals surface area contributed by atoms with E-state index in [4.69, 9.17) is 14.2 Å². The standard InChI is InChI=1S/C14H25NO3/c1-11(2)18-10-14(3-4-14)9-15-7-12-13(8-15)17-6-5-16-12/h11-13H,3-10H2,1-2H3/t12-,13+. The molecule has 2 atom stereocenters. The van der Waals surface area contributed by atoms with Gasteiger partial charge in [0, 0.05) is 25.0 Å². The Balaban J connectivity index is 1.48. The third-order valence-electron chi connectivity index (χ3n) is 4.28. The third kappa shape index (κ3) is 2.87. The van der Waals surface area contributed by atoms with Gasteiger partial charge in [-0.3, -0.25) is 4.90 Å². The minimum atomic E-state index is 0.306. The fourth-order valence-corrected chi connectivity index (χ4v) is 3.01. The lowest BCUT2D eigenvalue weighted by Gasteiger charge is -2.24. The van der Waals surface area contributed by atoms with E-state index in [1.807, 2.05) is 0 Å². The first-order chi connectivity index (χ1) is 8.67. The summed E-state index contributed by atoms with van der Waals surface area (Å²) in [5.74, 6) is 0. The second kappa shape index (κ2) is 5.08. The fraction of sp³-hybridized carbons (Fsp3) is 1.00. The van der Waals surface area contributed by atoms with Crippen molar-refractivity contribution in [3.8, 4) is 0 Å². The second-order valence-electron chi connectivity index (χ2n) is 6.37. The Morgan fingerprint density at radius 1 is 1.17 bits per heavy atom. The molecule has 0 aromatic heterocycles. The lowest BCUT2D eigenvalue weighted by molar-refractivity contribution is -0.116.